The lowest BCUT2D eigenvalue weighted by Crippen LogP contribution is -1.84. The van der Waals surface area contributed by atoms with Crippen LogP contribution in [-0.2, 0) is 4.79 Å². The molecule has 0 atom stereocenters. The fraction of sp³-hybridized carbons (Fsp3) is 0.0714. The highest BCUT2D eigenvalue weighted by molar-refractivity contribution is 6.67. The van der Waals surface area contributed by atoms with Gasteiger partial charge in [0.1, 0.15) is 0 Å². The molecule has 0 aliphatic carbocycles. The average Bonchev–Trinajstić information content (AvgIpc) is 2.27. The van der Waals surface area contributed by atoms with Crippen LogP contribution >= 0.6 is 11.6 Å². The maximum atomic E-state index is 10.8. The van der Waals surface area contributed by atoms with E-state index in [2.05, 4.69) is 18.2 Å². The molecule has 0 radical (unpaired) electrons. The zero-order valence-corrected chi connectivity index (χ0v) is 9.66. The van der Waals surface area contributed by atoms with Gasteiger partial charge < -0.3 is 0 Å². The number of hydrogen-bond acceptors (Lipinski definition) is 1. The number of fused-ring (bicyclic) bond motifs is 1. The van der Waals surface area contributed by atoms with Crippen molar-refractivity contribution in [2.45, 2.75) is 6.92 Å². The van der Waals surface area contributed by atoms with Crippen molar-refractivity contribution in [2.24, 2.45) is 0 Å². The van der Waals surface area contributed by atoms with Crippen LogP contribution in [0.25, 0.3) is 16.3 Å². The summed E-state index contributed by atoms with van der Waals surface area (Å²) in [4.78, 5) is 10.8. The van der Waals surface area contributed by atoms with Gasteiger partial charge in [-0.05, 0) is 46.5 Å². The molecule has 2 aromatic carbocycles. The Hall–Kier alpha value is -1.60. The van der Waals surface area contributed by atoms with E-state index in [4.69, 9.17) is 11.6 Å². The largest absolute Gasteiger partial charge is 0.276 e. The van der Waals surface area contributed by atoms with Crippen molar-refractivity contribution in [1.82, 2.24) is 0 Å². The second kappa shape index (κ2) is 4.50. The van der Waals surface area contributed by atoms with Crippen LogP contribution in [0, 0.1) is 0 Å². The van der Waals surface area contributed by atoms with Crippen molar-refractivity contribution >= 4 is 33.2 Å². The summed E-state index contributed by atoms with van der Waals surface area (Å²) < 4.78 is 0. The van der Waals surface area contributed by atoms with Gasteiger partial charge in [0.15, 0.2) is 0 Å². The van der Waals surface area contributed by atoms with Crippen LogP contribution in [0.5, 0.6) is 0 Å². The number of carbonyl (C=O) groups excluding carboxylic acids is 1. The standard InChI is InChI=1S/C14H11ClO/c1-10(8-14(15)16)12-7-6-11-4-2-3-5-13(11)9-12/h2-9H,1H3. The van der Waals surface area contributed by atoms with E-state index in [1.807, 2.05) is 31.2 Å². The molecule has 0 bridgehead atoms. The van der Waals surface area contributed by atoms with Gasteiger partial charge in [-0.1, -0.05) is 36.4 Å². The lowest BCUT2D eigenvalue weighted by Gasteiger charge is -2.03. The molecule has 0 unspecified atom stereocenters. The van der Waals surface area contributed by atoms with E-state index in [-0.39, 0.29) is 0 Å². The van der Waals surface area contributed by atoms with Crippen molar-refractivity contribution in [3.63, 3.8) is 0 Å². The van der Waals surface area contributed by atoms with E-state index >= 15 is 0 Å². The van der Waals surface area contributed by atoms with Crippen molar-refractivity contribution in [2.75, 3.05) is 0 Å². The first-order chi connectivity index (χ1) is 7.66. The Morgan fingerprint density at radius 3 is 2.50 bits per heavy atom. The van der Waals surface area contributed by atoms with Crippen LogP contribution in [0.1, 0.15) is 12.5 Å². The SMILES string of the molecule is CC(=CC(=O)Cl)c1ccc2ccccc2c1. The van der Waals surface area contributed by atoms with Gasteiger partial charge in [0.25, 0.3) is 0 Å². The van der Waals surface area contributed by atoms with Crippen LogP contribution in [-0.4, -0.2) is 5.24 Å². The Balaban J connectivity index is 2.51. The molecule has 1 nitrogen and oxygen atoms in total. The molecule has 0 aliphatic rings. The van der Waals surface area contributed by atoms with Crippen molar-refractivity contribution < 1.29 is 4.79 Å². The summed E-state index contributed by atoms with van der Waals surface area (Å²) >= 11 is 5.33. The zero-order valence-electron chi connectivity index (χ0n) is 8.91. The summed E-state index contributed by atoms with van der Waals surface area (Å²) in [5.41, 5.74) is 1.90. The number of carbonyl (C=O) groups is 1. The second-order valence-corrected chi connectivity index (χ2v) is 4.07. The highest BCUT2D eigenvalue weighted by Crippen LogP contribution is 2.20. The third-order valence-electron chi connectivity index (χ3n) is 2.53. The van der Waals surface area contributed by atoms with Crippen molar-refractivity contribution in [3.8, 4) is 0 Å². The van der Waals surface area contributed by atoms with Gasteiger partial charge in [-0.2, -0.15) is 0 Å². The van der Waals surface area contributed by atoms with Crippen molar-refractivity contribution in [1.29, 1.82) is 0 Å². The molecule has 2 aromatic rings. The first-order valence-corrected chi connectivity index (χ1v) is 5.41. The van der Waals surface area contributed by atoms with Gasteiger partial charge in [0.2, 0.25) is 5.24 Å². The van der Waals surface area contributed by atoms with Gasteiger partial charge in [-0.15, -0.1) is 0 Å². The predicted molar refractivity (Wildman–Crippen MR) is 68.5 cm³/mol. The molecular weight excluding hydrogens is 220 g/mol. The minimum absolute atomic E-state index is 0.439. The first kappa shape index (κ1) is 10.9. The molecule has 0 saturated carbocycles. The summed E-state index contributed by atoms with van der Waals surface area (Å²) in [6, 6.07) is 14.2. The van der Waals surface area contributed by atoms with E-state index in [0.29, 0.717) is 0 Å². The molecule has 0 heterocycles. The average molecular weight is 231 g/mol. The molecule has 0 spiro atoms. The highest BCUT2D eigenvalue weighted by Gasteiger charge is 1.99. The Morgan fingerprint density at radius 1 is 1.12 bits per heavy atom. The molecule has 0 saturated heterocycles. The molecule has 0 aliphatic heterocycles. The van der Waals surface area contributed by atoms with Crippen molar-refractivity contribution in [3.05, 3.63) is 54.1 Å². The first-order valence-electron chi connectivity index (χ1n) is 5.04. The van der Waals surface area contributed by atoms with Gasteiger partial charge >= 0.3 is 0 Å². The molecule has 0 aromatic heterocycles. The highest BCUT2D eigenvalue weighted by atomic mass is 35.5. The van der Waals surface area contributed by atoms with E-state index in [0.717, 1.165) is 16.5 Å². The van der Waals surface area contributed by atoms with E-state index < -0.39 is 5.24 Å². The fourth-order valence-electron chi connectivity index (χ4n) is 1.69. The molecule has 0 amide bonds. The van der Waals surface area contributed by atoms with Gasteiger partial charge in [0, 0.05) is 6.08 Å². The number of hydrogen-bond donors (Lipinski definition) is 0. The molecule has 0 N–H and O–H groups in total. The molecule has 80 valence electrons. The number of benzene rings is 2. The molecule has 2 heteroatoms. The number of halogens is 1. The molecular formula is C14H11ClO. The van der Waals surface area contributed by atoms with Gasteiger partial charge in [-0.3, -0.25) is 4.79 Å². The minimum Gasteiger partial charge on any atom is -0.276 e. The molecule has 2 rings (SSSR count). The van der Waals surface area contributed by atoms with Crippen LogP contribution in [0.15, 0.2) is 48.5 Å². The zero-order chi connectivity index (χ0) is 11.5. The van der Waals surface area contributed by atoms with Crippen LogP contribution < -0.4 is 0 Å². The summed E-state index contributed by atoms with van der Waals surface area (Å²) in [7, 11) is 0. The minimum atomic E-state index is -0.439. The Kier molecular flexibility index (Phi) is 3.07. The normalized spacial score (nSPS) is 11.8. The summed E-state index contributed by atoms with van der Waals surface area (Å²) in [6.07, 6.45) is 1.44. The maximum Gasteiger partial charge on any atom is 0.245 e. The van der Waals surface area contributed by atoms with Gasteiger partial charge in [0.05, 0.1) is 0 Å². The number of rotatable bonds is 2. The van der Waals surface area contributed by atoms with Crippen LogP contribution in [0.3, 0.4) is 0 Å². The quantitative estimate of drug-likeness (QED) is 0.563. The molecule has 16 heavy (non-hydrogen) atoms. The van der Waals surface area contributed by atoms with Crippen LogP contribution in [0.4, 0.5) is 0 Å². The third kappa shape index (κ3) is 2.31. The molecule has 0 fully saturated rings. The van der Waals surface area contributed by atoms with E-state index in [1.54, 1.807) is 0 Å². The lowest BCUT2D eigenvalue weighted by atomic mass is 10.0. The fourth-order valence-corrected chi connectivity index (χ4v) is 1.85. The van der Waals surface area contributed by atoms with Crippen LogP contribution in [0.2, 0.25) is 0 Å². The predicted octanol–water partition coefficient (Wildman–Crippen LogP) is 4.01. The maximum absolute atomic E-state index is 10.8. The van der Waals surface area contributed by atoms with E-state index in [1.165, 1.54) is 11.5 Å². The summed E-state index contributed by atoms with van der Waals surface area (Å²) in [5.74, 6) is 0. The Morgan fingerprint density at radius 2 is 1.81 bits per heavy atom. The van der Waals surface area contributed by atoms with E-state index in [9.17, 15) is 4.79 Å². The van der Waals surface area contributed by atoms with Gasteiger partial charge in [-0.25, -0.2) is 0 Å². The number of allylic oxidation sites excluding steroid dienone is 2. The second-order valence-electron chi connectivity index (χ2n) is 3.69. The smallest absolute Gasteiger partial charge is 0.245 e. The third-order valence-corrected chi connectivity index (χ3v) is 2.64. The monoisotopic (exact) mass is 230 g/mol. The Bertz CT molecular complexity index is 570. The topological polar surface area (TPSA) is 17.1 Å². The lowest BCUT2D eigenvalue weighted by molar-refractivity contribution is -0.107. The summed E-state index contributed by atoms with van der Waals surface area (Å²) in [6.45, 7) is 1.88. The Labute approximate surface area is 99.3 Å². The summed E-state index contributed by atoms with van der Waals surface area (Å²) in [5, 5.41) is 1.91.